The van der Waals surface area contributed by atoms with Gasteiger partial charge in [-0.05, 0) is 23.8 Å². The zero-order valence-corrected chi connectivity index (χ0v) is 18.4. The zero-order chi connectivity index (χ0) is 22.3. The number of benzene rings is 2. The molecule has 1 aliphatic heterocycles. The van der Waals surface area contributed by atoms with E-state index in [1.165, 1.54) is 6.33 Å². The van der Waals surface area contributed by atoms with Gasteiger partial charge in [0.15, 0.2) is 4.90 Å². The van der Waals surface area contributed by atoms with Crippen LogP contribution in [0.25, 0.3) is 20.7 Å². The maximum atomic E-state index is 14.1. The smallest absolute Gasteiger partial charge is 0.249 e. The predicted octanol–water partition coefficient (Wildman–Crippen LogP) is 4.15. The van der Waals surface area contributed by atoms with Crippen molar-refractivity contribution in [3.05, 3.63) is 72.6 Å². The lowest BCUT2D eigenvalue weighted by molar-refractivity contribution is 0.378. The quantitative estimate of drug-likeness (QED) is 0.447. The Morgan fingerprint density at radius 3 is 2.25 bits per heavy atom. The Morgan fingerprint density at radius 1 is 0.875 bits per heavy atom. The highest BCUT2D eigenvalue weighted by atomic mass is 32.2. The molecular weight excluding hydrogens is 454 g/mol. The van der Waals surface area contributed by atoms with Crippen LogP contribution in [0.15, 0.2) is 65.8 Å². The molecule has 2 aromatic heterocycles. The minimum Gasteiger partial charge on any atom is -0.353 e. The van der Waals surface area contributed by atoms with Crippen LogP contribution in [0.3, 0.4) is 0 Å². The summed E-state index contributed by atoms with van der Waals surface area (Å²) in [7, 11) is -4.28. The first-order chi connectivity index (χ1) is 15.4. The van der Waals surface area contributed by atoms with Gasteiger partial charge in [0, 0.05) is 31.1 Å². The number of nitrogens with zero attached hydrogens (tertiary/aromatic N) is 4. The third kappa shape index (κ3) is 3.64. The van der Waals surface area contributed by atoms with E-state index in [9.17, 15) is 17.2 Å². The minimum absolute atomic E-state index is 0.0945. The number of sulfonamides is 1. The molecule has 164 valence electrons. The van der Waals surface area contributed by atoms with E-state index in [0.29, 0.717) is 13.1 Å². The second-order valence-corrected chi connectivity index (χ2v) is 10.2. The first-order valence-electron chi connectivity index (χ1n) is 9.94. The summed E-state index contributed by atoms with van der Waals surface area (Å²) in [6, 6.07) is 15.1. The van der Waals surface area contributed by atoms with Crippen LogP contribution in [0.1, 0.15) is 0 Å². The molecule has 6 nitrogen and oxygen atoms in total. The largest absolute Gasteiger partial charge is 0.353 e. The van der Waals surface area contributed by atoms with Gasteiger partial charge in [0.1, 0.15) is 28.6 Å². The fourth-order valence-corrected chi connectivity index (χ4v) is 6.37. The number of rotatable bonds is 4. The third-order valence-electron chi connectivity index (χ3n) is 5.42. The summed E-state index contributed by atoms with van der Waals surface area (Å²) < 4.78 is 55.0. The standard InChI is InChI=1S/C22H18F2N4O2S2/c23-17-7-4-8-18(24)20(17)32(29,30)28-11-9-27(10-12-28)21-16-13-19(15-5-2-1-3-6-15)31-22(16)26-14-25-21/h1-8,13-14H,9-12H2. The summed E-state index contributed by atoms with van der Waals surface area (Å²) in [5.41, 5.74) is 1.09. The maximum absolute atomic E-state index is 14.1. The lowest BCUT2D eigenvalue weighted by atomic mass is 10.2. The summed E-state index contributed by atoms with van der Waals surface area (Å²) >= 11 is 1.57. The molecule has 0 N–H and O–H groups in total. The van der Waals surface area contributed by atoms with Gasteiger partial charge in [-0.1, -0.05) is 36.4 Å². The lowest BCUT2D eigenvalue weighted by Crippen LogP contribution is -2.49. The Bertz CT molecular complexity index is 1370. The van der Waals surface area contributed by atoms with Crippen molar-refractivity contribution in [3.8, 4) is 10.4 Å². The number of hydrogen-bond acceptors (Lipinski definition) is 6. The zero-order valence-electron chi connectivity index (χ0n) is 16.8. The Morgan fingerprint density at radius 2 is 1.56 bits per heavy atom. The molecule has 0 radical (unpaired) electrons. The van der Waals surface area contributed by atoms with Crippen LogP contribution in [-0.2, 0) is 10.0 Å². The van der Waals surface area contributed by atoms with Crippen LogP contribution in [-0.4, -0.2) is 48.9 Å². The van der Waals surface area contributed by atoms with Crippen LogP contribution >= 0.6 is 11.3 Å². The molecule has 1 aliphatic rings. The second kappa shape index (κ2) is 8.19. The fourth-order valence-electron chi connectivity index (χ4n) is 3.84. The molecule has 1 saturated heterocycles. The molecule has 0 bridgehead atoms. The molecule has 2 aromatic carbocycles. The monoisotopic (exact) mass is 472 g/mol. The van der Waals surface area contributed by atoms with Crippen LogP contribution in [0, 0.1) is 11.6 Å². The molecule has 0 saturated carbocycles. The molecule has 5 rings (SSSR count). The van der Waals surface area contributed by atoms with Gasteiger partial charge >= 0.3 is 0 Å². The normalized spacial score (nSPS) is 15.4. The summed E-state index contributed by atoms with van der Waals surface area (Å²) in [6.07, 6.45) is 1.50. The van der Waals surface area contributed by atoms with E-state index in [1.807, 2.05) is 41.3 Å². The SMILES string of the molecule is O=S(=O)(c1c(F)cccc1F)N1CCN(c2ncnc3sc(-c4ccccc4)cc23)CC1. The van der Waals surface area contributed by atoms with Crippen LogP contribution in [0.4, 0.5) is 14.6 Å². The van der Waals surface area contributed by atoms with Crippen molar-refractivity contribution in [1.29, 1.82) is 0 Å². The van der Waals surface area contributed by atoms with Crippen molar-refractivity contribution in [3.63, 3.8) is 0 Å². The Balaban J connectivity index is 1.40. The molecule has 1 fully saturated rings. The van der Waals surface area contributed by atoms with E-state index in [2.05, 4.69) is 9.97 Å². The average Bonchev–Trinajstić information content (AvgIpc) is 3.24. The summed E-state index contributed by atoms with van der Waals surface area (Å²) in [6.45, 7) is 0.879. The van der Waals surface area contributed by atoms with Crippen molar-refractivity contribution in [2.45, 2.75) is 4.90 Å². The molecule has 3 heterocycles. The predicted molar refractivity (Wildman–Crippen MR) is 120 cm³/mol. The Hall–Kier alpha value is -2.95. The average molecular weight is 473 g/mol. The van der Waals surface area contributed by atoms with Crippen LogP contribution < -0.4 is 4.90 Å². The van der Waals surface area contributed by atoms with Gasteiger partial charge in [0.05, 0.1) is 5.39 Å². The van der Waals surface area contributed by atoms with E-state index in [1.54, 1.807) is 11.3 Å². The number of anilines is 1. The first-order valence-corrected chi connectivity index (χ1v) is 12.2. The van der Waals surface area contributed by atoms with Gasteiger partial charge in [0.2, 0.25) is 10.0 Å². The number of piperazine rings is 1. The molecule has 0 spiro atoms. The van der Waals surface area contributed by atoms with E-state index in [0.717, 1.165) is 49.0 Å². The first kappa shape index (κ1) is 20.9. The highest BCUT2D eigenvalue weighted by molar-refractivity contribution is 7.89. The van der Waals surface area contributed by atoms with Gasteiger partial charge in [-0.25, -0.2) is 27.2 Å². The van der Waals surface area contributed by atoms with Crippen LogP contribution in [0.5, 0.6) is 0 Å². The highest BCUT2D eigenvalue weighted by Crippen LogP contribution is 2.36. The van der Waals surface area contributed by atoms with Crippen molar-refractivity contribution in [1.82, 2.24) is 14.3 Å². The fraction of sp³-hybridized carbons (Fsp3) is 0.182. The Labute approximate surface area is 187 Å². The number of thiophene rings is 1. The molecule has 0 atom stereocenters. The second-order valence-electron chi connectivity index (χ2n) is 7.33. The summed E-state index contributed by atoms with van der Waals surface area (Å²) in [5.74, 6) is -1.45. The Kier molecular flexibility index (Phi) is 5.36. The molecule has 0 aliphatic carbocycles. The molecule has 32 heavy (non-hydrogen) atoms. The maximum Gasteiger partial charge on any atom is 0.249 e. The number of halogens is 2. The molecule has 10 heteroatoms. The third-order valence-corrected chi connectivity index (χ3v) is 8.46. The van der Waals surface area contributed by atoms with Crippen molar-refractivity contribution in [2.24, 2.45) is 0 Å². The topological polar surface area (TPSA) is 66.4 Å². The summed E-state index contributed by atoms with van der Waals surface area (Å²) in [4.78, 5) is 11.8. The highest BCUT2D eigenvalue weighted by Gasteiger charge is 2.33. The lowest BCUT2D eigenvalue weighted by Gasteiger charge is -2.34. The molecular formula is C22H18F2N4O2S2. The number of aromatic nitrogens is 2. The van der Waals surface area contributed by atoms with E-state index >= 15 is 0 Å². The van der Waals surface area contributed by atoms with Gasteiger partial charge in [-0.3, -0.25) is 0 Å². The van der Waals surface area contributed by atoms with Gasteiger partial charge < -0.3 is 4.90 Å². The minimum atomic E-state index is -4.28. The van der Waals surface area contributed by atoms with Crippen LogP contribution in [0.2, 0.25) is 0 Å². The van der Waals surface area contributed by atoms with Gasteiger partial charge in [-0.15, -0.1) is 11.3 Å². The van der Waals surface area contributed by atoms with Gasteiger partial charge in [0.25, 0.3) is 0 Å². The van der Waals surface area contributed by atoms with Crippen molar-refractivity contribution >= 4 is 37.4 Å². The van der Waals surface area contributed by atoms with E-state index in [-0.39, 0.29) is 13.1 Å². The van der Waals surface area contributed by atoms with Crippen molar-refractivity contribution in [2.75, 3.05) is 31.1 Å². The van der Waals surface area contributed by atoms with E-state index in [4.69, 9.17) is 0 Å². The van der Waals surface area contributed by atoms with Gasteiger partial charge in [-0.2, -0.15) is 4.31 Å². The molecule has 0 unspecified atom stereocenters. The number of fused-ring (bicyclic) bond motifs is 1. The summed E-state index contributed by atoms with van der Waals surface area (Å²) in [5, 5.41) is 0.896. The van der Waals surface area contributed by atoms with E-state index < -0.39 is 26.6 Å². The van der Waals surface area contributed by atoms with Crippen molar-refractivity contribution < 1.29 is 17.2 Å². The molecule has 0 amide bonds. The number of hydrogen-bond donors (Lipinski definition) is 0. The molecule has 4 aromatic rings.